The Balaban J connectivity index is 1.59. The van der Waals surface area contributed by atoms with E-state index in [4.69, 9.17) is 0 Å². The van der Waals surface area contributed by atoms with E-state index in [1.165, 1.54) is 10.5 Å². The van der Waals surface area contributed by atoms with Gasteiger partial charge in [0.05, 0.1) is 16.7 Å². The molecule has 3 rings (SSSR count). The summed E-state index contributed by atoms with van der Waals surface area (Å²) in [5, 5.41) is 6.94. The summed E-state index contributed by atoms with van der Waals surface area (Å²) in [5.74, 6) is -0.173. The predicted octanol–water partition coefficient (Wildman–Crippen LogP) is 1.31. The van der Waals surface area contributed by atoms with Gasteiger partial charge in [0.25, 0.3) is 5.91 Å². The van der Waals surface area contributed by atoms with E-state index in [0.717, 1.165) is 5.56 Å². The van der Waals surface area contributed by atoms with Crippen LogP contribution in [0, 0.1) is 6.92 Å². The summed E-state index contributed by atoms with van der Waals surface area (Å²) in [4.78, 5) is 12.5. The Hall–Kier alpha value is -2.19. The standard InChI is InChI=1S/C17H22N4O3S/c1-13-3-5-16(6-4-13)25(23,24)21-9-7-15(8-10-21)19-17(22)14-11-18-20(2)12-14/h3-6,11-12,15H,7-10H2,1-2H3,(H,19,22). The molecule has 1 amide bonds. The van der Waals surface area contributed by atoms with Crippen LogP contribution in [-0.4, -0.2) is 47.5 Å². The van der Waals surface area contributed by atoms with Crippen LogP contribution in [0.1, 0.15) is 28.8 Å². The second-order valence-electron chi connectivity index (χ2n) is 6.37. The molecule has 1 aliphatic rings. The van der Waals surface area contributed by atoms with Crippen molar-refractivity contribution in [3.63, 3.8) is 0 Å². The lowest BCUT2D eigenvalue weighted by Gasteiger charge is -2.31. The third-order valence-corrected chi connectivity index (χ3v) is 6.33. The van der Waals surface area contributed by atoms with Crippen molar-refractivity contribution < 1.29 is 13.2 Å². The Morgan fingerprint density at radius 1 is 1.20 bits per heavy atom. The van der Waals surface area contributed by atoms with Gasteiger partial charge in [0.2, 0.25) is 10.0 Å². The molecule has 0 aliphatic carbocycles. The molecule has 1 fully saturated rings. The minimum absolute atomic E-state index is 0.0304. The molecule has 0 atom stereocenters. The van der Waals surface area contributed by atoms with Gasteiger partial charge < -0.3 is 5.32 Å². The van der Waals surface area contributed by atoms with Gasteiger partial charge in [0, 0.05) is 32.4 Å². The highest BCUT2D eigenvalue weighted by molar-refractivity contribution is 7.89. The number of carbonyl (C=O) groups excluding carboxylic acids is 1. The molecule has 1 aromatic carbocycles. The summed E-state index contributed by atoms with van der Waals surface area (Å²) >= 11 is 0. The summed E-state index contributed by atoms with van der Waals surface area (Å²) in [6, 6.07) is 6.85. The zero-order valence-electron chi connectivity index (χ0n) is 14.3. The topological polar surface area (TPSA) is 84.3 Å². The van der Waals surface area contributed by atoms with Gasteiger partial charge in [-0.15, -0.1) is 0 Å². The lowest BCUT2D eigenvalue weighted by atomic mass is 10.1. The van der Waals surface area contributed by atoms with Gasteiger partial charge in [0.1, 0.15) is 0 Å². The van der Waals surface area contributed by atoms with Crippen molar-refractivity contribution in [3.8, 4) is 0 Å². The van der Waals surface area contributed by atoms with Crippen molar-refractivity contribution in [1.29, 1.82) is 0 Å². The number of hydrogen-bond donors (Lipinski definition) is 1. The first-order valence-corrected chi connectivity index (χ1v) is 9.66. The van der Waals surface area contributed by atoms with E-state index >= 15 is 0 Å². The zero-order valence-corrected chi connectivity index (χ0v) is 15.2. The van der Waals surface area contributed by atoms with E-state index in [1.807, 2.05) is 6.92 Å². The molecule has 134 valence electrons. The molecule has 0 radical (unpaired) electrons. The van der Waals surface area contributed by atoms with Gasteiger partial charge in [-0.2, -0.15) is 9.40 Å². The molecular weight excluding hydrogens is 340 g/mol. The average molecular weight is 362 g/mol. The monoisotopic (exact) mass is 362 g/mol. The van der Waals surface area contributed by atoms with E-state index < -0.39 is 10.0 Å². The van der Waals surface area contributed by atoms with Gasteiger partial charge >= 0.3 is 0 Å². The van der Waals surface area contributed by atoms with Crippen LogP contribution in [0.15, 0.2) is 41.6 Å². The Kier molecular flexibility index (Phi) is 4.91. The van der Waals surface area contributed by atoms with Gasteiger partial charge in [-0.25, -0.2) is 8.42 Å². The summed E-state index contributed by atoms with van der Waals surface area (Å²) in [6.45, 7) is 2.72. The third kappa shape index (κ3) is 3.91. The van der Waals surface area contributed by atoms with E-state index in [-0.39, 0.29) is 11.9 Å². The normalized spacial score (nSPS) is 16.7. The highest BCUT2D eigenvalue weighted by Gasteiger charge is 2.30. The van der Waals surface area contributed by atoms with Crippen LogP contribution >= 0.6 is 0 Å². The van der Waals surface area contributed by atoms with E-state index in [1.54, 1.807) is 42.2 Å². The average Bonchev–Trinajstić information content (AvgIpc) is 3.02. The van der Waals surface area contributed by atoms with Crippen molar-refractivity contribution in [2.75, 3.05) is 13.1 Å². The number of carbonyl (C=O) groups is 1. The number of sulfonamides is 1. The van der Waals surface area contributed by atoms with Crippen molar-refractivity contribution in [2.45, 2.75) is 30.7 Å². The number of aromatic nitrogens is 2. The Labute approximate surface area is 147 Å². The molecule has 0 unspecified atom stereocenters. The number of hydrogen-bond acceptors (Lipinski definition) is 4. The van der Waals surface area contributed by atoms with Crippen molar-refractivity contribution in [1.82, 2.24) is 19.4 Å². The van der Waals surface area contributed by atoms with E-state index in [9.17, 15) is 13.2 Å². The van der Waals surface area contributed by atoms with Crippen LogP contribution in [0.3, 0.4) is 0 Å². The molecule has 25 heavy (non-hydrogen) atoms. The number of nitrogens with zero attached hydrogens (tertiary/aromatic N) is 3. The number of benzene rings is 1. The summed E-state index contributed by atoms with van der Waals surface area (Å²) in [5.41, 5.74) is 1.54. The number of rotatable bonds is 4. The van der Waals surface area contributed by atoms with E-state index in [2.05, 4.69) is 10.4 Å². The Morgan fingerprint density at radius 2 is 1.84 bits per heavy atom. The quantitative estimate of drug-likeness (QED) is 0.889. The first kappa shape index (κ1) is 17.6. The molecule has 2 heterocycles. The van der Waals surface area contributed by atoms with Gasteiger partial charge in [-0.3, -0.25) is 9.48 Å². The Bertz CT molecular complexity index is 850. The first-order valence-electron chi connectivity index (χ1n) is 8.22. The lowest BCUT2D eigenvalue weighted by Crippen LogP contribution is -2.46. The SMILES string of the molecule is Cc1ccc(S(=O)(=O)N2CCC(NC(=O)c3cnn(C)c3)CC2)cc1. The van der Waals surface area contributed by atoms with Crippen LogP contribution in [0.25, 0.3) is 0 Å². The molecule has 0 spiro atoms. The van der Waals surface area contributed by atoms with E-state index in [0.29, 0.717) is 36.4 Å². The molecule has 7 nitrogen and oxygen atoms in total. The van der Waals surface area contributed by atoms with Crippen LogP contribution < -0.4 is 5.32 Å². The number of aryl methyl sites for hydroxylation is 2. The van der Waals surface area contributed by atoms with Gasteiger partial charge in [0.15, 0.2) is 0 Å². The second-order valence-corrected chi connectivity index (χ2v) is 8.31. The number of piperidine rings is 1. The maximum atomic E-state index is 12.7. The third-order valence-electron chi connectivity index (χ3n) is 4.41. The van der Waals surface area contributed by atoms with Gasteiger partial charge in [-0.05, 0) is 31.9 Å². The summed E-state index contributed by atoms with van der Waals surface area (Å²) in [7, 11) is -1.72. The molecule has 2 aromatic rings. The van der Waals surface area contributed by atoms with Crippen molar-refractivity contribution in [2.24, 2.45) is 7.05 Å². The number of nitrogens with one attached hydrogen (secondary N) is 1. The fraction of sp³-hybridized carbons (Fsp3) is 0.412. The second kappa shape index (κ2) is 6.97. The predicted molar refractivity (Wildman–Crippen MR) is 93.6 cm³/mol. The minimum Gasteiger partial charge on any atom is -0.349 e. The first-order chi connectivity index (χ1) is 11.9. The fourth-order valence-corrected chi connectivity index (χ4v) is 4.38. The Morgan fingerprint density at radius 3 is 2.40 bits per heavy atom. The highest BCUT2D eigenvalue weighted by Crippen LogP contribution is 2.21. The minimum atomic E-state index is -3.47. The largest absolute Gasteiger partial charge is 0.349 e. The van der Waals surface area contributed by atoms with Crippen molar-refractivity contribution in [3.05, 3.63) is 47.8 Å². The smallest absolute Gasteiger partial charge is 0.254 e. The molecule has 0 bridgehead atoms. The fourth-order valence-electron chi connectivity index (χ4n) is 2.91. The molecule has 1 aromatic heterocycles. The summed E-state index contributed by atoms with van der Waals surface area (Å²) < 4.78 is 28.4. The summed E-state index contributed by atoms with van der Waals surface area (Å²) in [6.07, 6.45) is 4.37. The molecular formula is C17H22N4O3S. The molecule has 1 aliphatic heterocycles. The molecule has 1 N–H and O–H groups in total. The van der Waals surface area contributed by atoms with Crippen LogP contribution in [0.4, 0.5) is 0 Å². The van der Waals surface area contributed by atoms with Gasteiger partial charge in [-0.1, -0.05) is 17.7 Å². The maximum absolute atomic E-state index is 12.7. The van der Waals surface area contributed by atoms with Crippen LogP contribution in [0.2, 0.25) is 0 Å². The highest BCUT2D eigenvalue weighted by atomic mass is 32.2. The van der Waals surface area contributed by atoms with Crippen molar-refractivity contribution >= 4 is 15.9 Å². The molecule has 0 saturated carbocycles. The van der Waals surface area contributed by atoms with Crippen LogP contribution in [0.5, 0.6) is 0 Å². The maximum Gasteiger partial charge on any atom is 0.254 e. The lowest BCUT2D eigenvalue weighted by molar-refractivity contribution is 0.0923. The molecule has 8 heteroatoms. The van der Waals surface area contributed by atoms with Crippen LogP contribution in [-0.2, 0) is 17.1 Å². The number of amides is 1. The zero-order chi connectivity index (χ0) is 18.0. The molecule has 1 saturated heterocycles.